The van der Waals surface area contributed by atoms with Crippen molar-refractivity contribution in [1.29, 1.82) is 0 Å². The van der Waals surface area contributed by atoms with Gasteiger partial charge in [0.15, 0.2) is 5.76 Å². The number of carbonyl (C=O) groups excluding carboxylic acids is 3. The fraction of sp³-hybridized carbons (Fsp3) is 0.136. The van der Waals surface area contributed by atoms with Gasteiger partial charge in [-0.2, -0.15) is 0 Å². The van der Waals surface area contributed by atoms with Crippen molar-refractivity contribution in [3.63, 3.8) is 0 Å². The standard InChI is InChI=1S/C22H18N2O4/c1-14-13-24(18-9-3-2-8-17(18)23-21(14)26)22(27)16-7-4-6-15(12-16)20(25)19-10-5-11-28-19/h2-12,14H,13H2,1H3,(H,23,26). The van der Waals surface area contributed by atoms with Crippen molar-refractivity contribution in [2.24, 2.45) is 5.92 Å². The van der Waals surface area contributed by atoms with Crippen molar-refractivity contribution in [3.8, 4) is 0 Å². The van der Waals surface area contributed by atoms with Crippen LogP contribution in [0.4, 0.5) is 11.4 Å². The molecule has 3 aromatic rings. The highest BCUT2D eigenvalue weighted by Crippen LogP contribution is 2.31. The number of furan rings is 1. The number of carbonyl (C=O) groups is 3. The highest BCUT2D eigenvalue weighted by atomic mass is 16.3. The molecule has 140 valence electrons. The number of amides is 2. The van der Waals surface area contributed by atoms with E-state index < -0.39 is 0 Å². The molecular formula is C22H18N2O4. The van der Waals surface area contributed by atoms with E-state index in [0.717, 1.165) is 0 Å². The Bertz CT molecular complexity index is 1060. The summed E-state index contributed by atoms with van der Waals surface area (Å²) in [5.74, 6) is -0.854. The van der Waals surface area contributed by atoms with E-state index in [2.05, 4.69) is 5.32 Å². The number of hydrogen-bond acceptors (Lipinski definition) is 4. The van der Waals surface area contributed by atoms with Gasteiger partial charge in [0.05, 0.1) is 23.6 Å². The second-order valence-corrected chi connectivity index (χ2v) is 6.71. The molecule has 6 nitrogen and oxygen atoms in total. The predicted molar refractivity (Wildman–Crippen MR) is 104 cm³/mol. The highest BCUT2D eigenvalue weighted by Gasteiger charge is 2.29. The second kappa shape index (κ2) is 7.15. The van der Waals surface area contributed by atoms with Crippen LogP contribution in [-0.4, -0.2) is 24.1 Å². The van der Waals surface area contributed by atoms with E-state index >= 15 is 0 Å². The van der Waals surface area contributed by atoms with Crippen molar-refractivity contribution in [2.75, 3.05) is 16.8 Å². The van der Waals surface area contributed by atoms with Crippen LogP contribution in [0.15, 0.2) is 71.3 Å². The lowest BCUT2D eigenvalue weighted by atomic mass is 10.0. The van der Waals surface area contributed by atoms with E-state index in [9.17, 15) is 14.4 Å². The number of para-hydroxylation sites is 2. The second-order valence-electron chi connectivity index (χ2n) is 6.71. The molecule has 0 saturated carbocycles. The average molecular weight is 374 g/mol. The first-order chi connectivity index (χ1) is 13.5. The molecule has 1 aliphatic rings. The van der Waals surface area contributed by atoms with E-state index in [4.69, 9.17) is 4.42 Å². The summed E-state index contributed by atoms with van der Waals surface area (Å²) in [5, 5.41) is 2.86. The van der Waals surface area contributed by atoms with Gasteiger partial charge in [-0.15, -0.1) is 0 Å². The Kier molecular flexibility index (Phi) is 4.53. The molecule has 28 heavy (non-hydrogen) atoms. The molecule has 1 unspecified atom stereocenters. The van der Waals surface area contributed by atoms with Crippen LogP contribution in [0.3, 0.4) is 0 Å². The molecular weight excluding hydrogens is 356 g/mol. The molecule has 2 heterocycles. The van der Waals surface area contributed by atoms with Gasteiger partial charge in [0.1, 0.15) is 0 Å². The third-order valence-electron chi connectivity index (χ3n) is 4.72. The fourth-order valence-electron chi connectivity index (χ4n) is 3.22. The zero-order chi connectivity index (χ0) is 19.7. The Hall–Kier alpha value is -3.67. The monoisotopic (exact) mass is 374 g/mol. The first-order valence-corrected chi connectivity index (χ1v) is 8.94. The van der Waals surface area contributed by atoms with Gasteiger partial charge in [0.2, 0.25) is 11.7 Å². The summed E-state index contributed by atoms with van der Waals surface area (Å²) in [4.78, 5) is 39.6. The van der Waals surface area contributed by atoms with Gasteiger partial charge in [-0.3, -0.25) is 14.4 Å². The molecule has 6 heteroatoms. The highest BCUT2D eigenvalue weighted by molar-refractivity contribution is 6.13. The predicted octanol–water partition coefficient (Wildman–Crippen LogP) is 3.75. The normalized spacial score (nSPS) is 16.1. The summed E-state index contributed by atoms with van der Waals surface area (Å²) in [6, 6.07) is 16.9. The van der Waals surface area contributed by atoms with Gasteiger partial charge in [-0.25, -0.2) is 0 Å². The van der Waals surface area contributed by atoms with E-state index in [0.29, 0.717) is 22.5 Å². The molecule has 0 saturated heterocycles. The largest absolute Gasteiger partial charge is 0.461 e. The first kappa shape index (κ1) is 17.7. The van der Waals surface area contributed by atoms with Gasteiger partial charge in [0.25, 0.3) is 5.91 Å². The summed E-state index contributed by atoms with van der Waals surface area (Å²) in [6.07, 6.45) is 1.43. The molecule has 0 radical (unpaired) electrons. The summed E-state index contributed by atoms with van der Waals surface area (Å²) in [5.41, 5.74) is 1.96. The Labute approximate surface area is 161 Å². The minimum Gasteiger partial charge on any atom is -0.461 e. The van der Waals surface area contributed by atoms with Crippen LogP contribution in [0.5, 0.6) is 0 Å². The van der Waals surface area contributed by atoms with Crippen molar-refractivity contribution in [2.45, 2.75) is 6.92 Å². The topological polar surface area (TPSA) is 79.6 Å². The number of fused-ring (bicyclic) bond motifs is 1. The lowest BCUT2D eigenvalue weighted by Crippen LogP contribution is -2.36. The summed E-state index contributed by atoms with van der Waals surface area (Å²) in [7, 11) is 0. The van der Waals surface area contributed by atoms with Gasteiger partial charge in [0, 0.05) is 17.7 Å². The smallest absolute Gasteiger partial charge is 0.258 e. The van der Waals surface area contributed by atoms with Crippen molar-refractivity contribution in [1.82, 2.24) is 0 Å². The van der Waals surface area contributed by atoms with Crippen LogP contribution in [0.2, 0.25) is 0 Å². The maximum Gasteiger partial charge on any atom is 0.258 e. The number of nitrogens with zero attached hydrogens (tertiary/aromatic N) is 1. The molecule has 4 rings (SSSR count). The quantitative estimate of drug-likeness (QED) is 0.708. The summed E-state index contributed by atoms with van der Waals surface area (Å²) in [6.45, 7) is 2.02. The first-order valence-electron chi connectivity index (χ1n) is 8.94. The zero-order valence-corrected chi connectivity index (χ0v) is 15.2. The van der Waals surface area contributed by atoms with Gasteiger partial charge >= 0.3 is 0 Å². The Morgan fingerprint density at radius 3 is 2.61 bits per heavy atom. The molecule has 1 atom stereocenters. The maximum atomic E-state index is 13.3. The molecule has 0 bridgehead atoms. The van der Waals surface area contributed by atoms with Gasteiger partial charge < -0.3 is 14.6 Å². The number of hydrogen-bond donors (Lipinski definition) is 1. The third-order valence-corrected chi connectivity index (χ3v) is 4.72. The maximum absolute atomic E-state index is 13.3. The third kappa shape index (κ3) is 3.20. The molecule has 1 aromatic heterocycles. The number of ketones is 1. The Morgan fingerprint density at radius 2 is 1.82 bits per heavy atom. The molecule has 0 aliphatic carbocycles. The van der Waals surface area contributed by atoms with E-state index in [1.807, 2.05) is 6.07 Å². The minimum absolute atomic E-state index is 0.135. The molecule has 0 fully saturated rings. The van der Waals surface area contributed by atoms with Crippen LogP contribution in [0.25, 0.3) is 0 Å². The van der Waals surface area contributed by atoms with Crippen LogP contribution >= 0.6 is 0 Å². The molecule has 2 amide bonds. The van der Waals surface area contributed by atoms with Crippen LogP contribution in [0, 0.1) is 5.92 Å². The molecule has 0 spiro atoms. The van der Waals surface area contributed by atoms with Crippen LogP contribution in [0.1, 0.15) is 33.4 Å². The molecule has 1 N–H and O–H groups in total. The molecule has 2 aromatic carbocycles. The van der Waals surface area contributed by atoms with E-state index in [1.165, 1.54) is 6.26 Å². The average Bonchev–Trinajstić information content (AvgIpc) is 3.22. The zero-order valence-electron chi connectivity index (χ0n) is 15.2. The lowest BCUT2D eigenvalue weighted by molar-refractivity contribution is -0.119. The van der Waals surface area contributed by atoms with Gasteiger partial charge in [-0.1, -0.05) is 31.2 Å². The Morgan fingerprint density at radius 1 is 1.04 bits per heavy atom. The van der Waals surface area contributed by atoms with Crippen molar-refractivity contribution >= 4 is 29.0 Å². The van der Waals surface area contributed by atoms with Crippen LogP contribution < -0.4 is 10.2 Å². The Balaban J connectivity index is 1.70. The number of anilines is 2. The fourth-order valence-corrected chi connectivity index (χ4v) is 3.22. The SMILES string of the molecule is CC1CN(C(=O)c2cccc(C(=O)c3ccco3)c2)c2ccccc2NC1=O. The number of rotatable bonds is 3. The minimum atomic E-state index is -0.371. The van der Waals surface area contributed by atoms with Gasteiger partial charge in [-0.05, 0) is 36.4 Å². The van der Waals surface area contributed by atoms with Crippen LogP contribution in [-0.2, 0) is 4.79 Å². The summed E-state index contributed by atoms with van der Waals surface area (Å²) >= 11 is 0. The van der Waals surface area contributed by atoms with E-state index in [-0.39, 0.29) is 35.8 Å². The molecule has 1 aliphatic heterocycles. The van der Waals surface area contributed by atoms with E-state index in [1.54, 1.807) is 66.4 Å². The summed E-state index contributed by atoms with van der Waals surface area (Å²) < 4.78 is 5.16. The number of nitrogens with one attached hydrogen (secondary N) is 1. The number of benzene rings is 2. The van der Waals surface area contributed by atoms with Crippen molar-refractivity contribution < 1.29 is 18.8 Å². The van der Waals surface area contributed by atoms with Crippen molar-refractivity contribution in [3.05, 3.63) is 83.8 Å². The lowest BCUT2D eigenvalue weighted by Gasteiger charge is -2.23.